The number of aliphatic hydroxyl groups excluding tert-OH is 1. The smallest absolute Gasteiger partial charge is 0.421 e. The molecule has 0 bridgehead atoms. The number of carbonyl (C=O) groups is 4. The summed E-state index contributed by atoms with van der Waals surface area (Å²) in [5.41, 5.74) is 3.64. The highest BCUT2D eigenvalue weighted by Gasteiger charge is 2.76. The monoisotopic (exact) mass is 971 g/mol. The summed E-state index contributed by atoms with van der Waals surface area (Å²) in [5, 5.41) is 10.2. The highest BCUT2D eigenvalue weighted by atomic mass is 16.6. The molecule has 5 aromatic rings. The number of ether oxygens (including phenoxy) is 6. The molecular formula is C58H57N3O11. The normalized spacial score (nSPS) is 23.2. The molecule has 4 heterocycles. The van der Waals surface area contributed by atoms with Crippen molar-refractivity contribution in [3.05, 3.63) is 166 Å². The Labute approximate surface area is 419 Å². The van der Waals surface area contributed by atoms with Gasteiger partial charge in [0.05, 0.1) is 51.1 Å². The van der Waals surface area contributed by atoms with E-state index in [9.17, 15) is 9.90 Å². The third kappa shape index (κ3) is 8.44. The maximum Gasteiger partial charge on any atom is 0.421 e. The first-order valence-corrected chi connectivity index (χ1v) is 24.5. The quantitative estimate of drug-likeness (QED) is 0.0734. The summed E-state index contributed by atoms with van der Waals surface area (Å²) in [7, 11) is 4.60. The fraction of sp³-hybridized carbons (Fsp3) is 0.345. The van der Waals surface area contributed by atoms with Crippen LogP contribution in [0.25, 0.3) is 0 Å². The molecule has 1 spiro atoms. The summed E-state index contributed by atoms with van der Waals surface area (Å²) < 4.78 is 35.5. The van der Waals surface area contributed by atoms with Crippen molar-refractivity contribution in [2.45, 2.75) is 68.3 Å². The Kier molecular flexibility index (Phi) is 13.9. The highest BCUT2D eigenvalue weighted by Crippen LogP contribution is 2.67. The number of methoxy groups -OCH3 is 3. The molecule has 0 radical (unpaired) electrons. The van der Waals surface area contributed by atoms with Crippen molar-refractivity contribution in [1.29, 1.82) is 0 Å². The van der Waals surface area contributed by atoms with Gasteiger partial charge >= 0.3 is 12.1 Å². The number of carbonyl (C=O) groups excluding carboxylic acids is 4. The lowest BCUT2D eigenvalue weighted by molar-refractivity contribution is -0.179. The van der Waals surface area contributed by atoms with Crippen LogP contribution in [-0.4, -0.2) is 99.1 Å². The van der Waals surface area contributed by atoms with E-state index in [0.29, 0.717) is 45.9 Å². The molecule has 0 unspecified atom stereocenters. The van der Waals surface area contributed by atoms with Crippen molar-refractivity contribution in [3.8, 4) is 29.1 Å². The van der Waals surface area contributed by atoms with Crippen LogP contribution in [0, 0.1) is 17.8 Å². The Hall–Kier alpha value is -7.44. The average Bonchev–Trinajstić information content (AvgIpc) is 3.88. The van der Waals surface area contributed by atoms with E-state index >= 15 is 14.4 Å². The number of hydrogen-bond acceptors (Lipinski definition) is 12. The predicted octanol–water partition coefficient (Wildman–Crippen LogP) is 7.96. The van der Waals surface area contributed by atoms with Crippen LogP contribution in [0.2, 0.25) is 0 Å². The summed E-state index contributed by atoms with van der Waals surface area (Å²) in [5.74, 6) is 4.57. The van der Waals surface area contributed by atoms with E-state index in [1.807, 2.05) is 89.8 Å². The Morgan fingerprint density at radius 2 is 1.49 bits per heavy atom. The lowest BCUT2D eigenvalue weighted by atomic mass is 9.64. The zero-order chi connectivity index (χ0) is 49.9. The van der Waals surface area contributed by atoms with Crippen LogP contribution in [0.4, 0.5) is 10.5 Å². The number of imide groups is 1. The number of para-hydroxylation sites is 1. The second-order valence-corrected chi connectivity index (χ2v) is 18.6. The molecule has 4 aliphatic heterocycles. The summed E-state index contributed by atoms with van der Waals surface area (Å²) >= 11 is 0. The van der Waals surface area contributed by atoms with E-state index < -0.39 is 59.4 Å². The second kappa shape index (κ2) is 20.7. The molecule has 2 saturated heterocycles. The number of hydrogen-bond donors (Lipinski definition) is 1. The van der Waals surface area contributed by atoms with Gasteiger partial charge in [-0.05, 0) is 102 Å². The molecule has 0 saturated carbocycles. The minimum absolute atomic E-state index is 0.0594. The van der Waals surface area contributed by atoms with Gasteiger partial charge in [-0.15, -0.1) is 0 Å². The van der Waals surface area contributed by atoms with Crippen molar-refractivity contribution in [2.75, 3.05) is 59.2 Å². The molecule has 72 heavy (non-hydrogen) atoms. The van der Waals surface area contributed by atoms with Crippen molar-refractivity contribution < 1.29 is 52.7 Å². The number of esters is 1. The van der Waals surface area contributed by atoms with E-state index in [1.165, 1.54) is 7.11 Å². The molecule has 370 valence electrons. The molecular weight excluding hydrogens is 915 g/mol. The summed E-state index contributed by atoms with van der Waals surface area (Å²) in [6.45, 7) is -0.177. The molecule has 6 atom stereocenters. The maximum absolute atomic E-state index is 16.8. The minimum Gasteiger partial charge on any atom is -0.493 e. The van der Waals surface area contributed by atoms with Gasteiger partial charge in [0.15, 0.2) is 11.5 Å². The van der Waals surface area contributed by atoms with Crippen LogP contribution in [0.1, 0.15) is 82.8 Å². The number of cyclic esters (lactones) is 1. The van der Waals surface area contributed by atoms with Crippen LogP contribution in [-0.2, 0) is 47.0 Å². The summed E-state index contributed by atoms with van der Waals surface area (Å²) in [6.07, 6.45) is 4.54. The molecule has 1 N–H and O–H groups in total. The number of aliphatic hydroxyl groups is 1. The zero-order valence-electron chi connectivity index (χ0n) is 40.6. The van der Waals surface area contributed by atoms with Crippen LogP contribution in [0.3, 0.4) is 0 Å². The van der Waals surface area contributed by atoms with Gasteiger partial charge in [0.2, 0.25) is 11.8 Å². The largest absolute Gasteiger partial charge is 0.493 e. The van der Waals surface area contributed by atoms with E-state index in [-0.39, 0.29) is 45.2 Å². The average molecular weight is 972 g/mol. The molecule has 0 aromatic heterocycles. The number of morpholine rings is 1. The first-order valence-electron chi connectivity index (χ1n) is 24.5. The molecule has 14 heteroatoms. The third-order valence-corrected chi connectivity index (χ3v) is 14.7. The molecule has 3 amide bonds. The number of allylic oxidation sites excluding steroid dienone is 2. The Morgan fingerprint density at radius 3 is 2.19 bits per heavy atom. The van der Waals surface area contributed by atoms with Crippen LogP contribution in [0.5, 0.6) is 17.2 Å². The lowest BCUT2D eigenvalue weighted by Crippen LogP contribution is -2.57. The first-order chi connectivity index (χ1) is 35.2. The molecule has 14 nitrogen and oxygen atoms in total. The third-order valence-electron chi connectivity index (χ3n) is 14.7. The second-order valence-electron chi connectivity index (χ2n) is 18.6. The van der Waals surface area contributed by atoms with E-state index in [4.69, 9.17) is 28.4 Å². The zero-order valence-corrected chi connectivity index (χ0v) is 40.6. The van der Waals surface area contributed by atoms with Crippen LogP contribution in [0.15, 0.2) is 127 Å². The first kappa shape index (κ1) is 48.2. The fourth-order valence-electron chi connectivity index (χ4n) is 11.6. The standard InChI is InChI=1S/C58H57N3O11/c1-67-31-32-71-57(66)60-45-26-25-38(24-23-37-15-7-4-8-16-37)33-44(45)58(56(60)65)49(54(63)59-28-27-41-34-47(68-2)48(69-3)35-42(41)36-59)51-55(64)72-52(40-19-11-6-12-20-40)50(39-17-9-5-10-18-39)61(51)53(58)43-21-13-14-22-46(43)70-30-29-62/h5-6,9-15,17-22,25-26,33-35,49-53,62H,4,7-8,16,27-32,36H2,1-3H3/t49-,50-,51-,52+,53+,58-/m0/s1. The van der Waals surface area contributed by atoms with Crippen LogP contribution < -0.4 is 19.1 Å². The highest BCUT2D eigenvalue weighted by molar-refractivity contribution is 6.23. The number of benzene rings is 5. The molecule has 5 aliphatic rings. The Morgan fingerprint density at radius 1 is 0.764 bits per heavy atom. The number of anilines is 1. The molecule has 1 aliphatic carbocycles. The van der Waals surface area contributed by atoms with E-state index in [0.717, 1.165) is 52.8 Å². The van der Waals surface area contributed by atoms with Gasteiger partial charge in [0, 0.05) is 31.3 Å². The van der Waals surface area contributed by atoms with Crippen molar-refractivity contribution >= 4 is 29.6 Å². The molecule has 10 rings (SSSR count). The predicted molar refractivity (Wildman–Crippen MR) is 266 cm³/mol. The van der Waals surface area contributed by atoms with Gasteiger partial charge < -0.3 is 38.4 Å². The van der Waals surface area contributed by atoms with Gasteiger partial charge in [0.1, 0.15) is 36.5 Å². The summed E-state index contributed by atoms with van der Waals surface area (Å²) in [4.78, 5) is 68.5. The fourth-order valence-corrected chi connectivity index (χ4v) is 11.6. The summed E-state index contributed by atoms with van der Waals surface area (Å²) in [6, 6.07) is 31.7. The van der Waals surface area contributed by atoms with Gasteiger partial charge in [-0.2, -0.15) is 0 Å². The van der Waals surface area contributed by atoms with Gasteiger partial charge in [-0.1, -0.05) is 96.8 Å². The SMILES string of the molecule is COCCOC(=O)N1C(=O)[C@@]2(c3cc(C#CC4=CCCCC4)ccc31)[C@H](C(=O)N1CCc3cc(OC)c(OC)cc3C1)[C@H]1C(=O)O[C@H](c3ccccc3)[C@H](c3ccccc3)N1[C@@H]2c1ccccc1OCCO. The van der Waals surface area contributed by atoms with E-state index in [1.54, 1.807) is 49.5 Å². The number of rotatable bonds is 12. The maximum atomic E-state index is 16.8. The number of amides is 3. The Bertz CT molecular complexity index is 2970. The lowest BCUT2D eigenvalue weighted by Gasteiger charge is -2.46. The Balaban J connectivity index is 1.28. The van der Waals surface area contributed by atoms with E-state index in [2.05, 4.69) is 17.9 Å². The van der Waals surface area contributed by atoms with Crippen molar-refractivity contribution in [2.24, 2.45) is 5.92 Å². The van der Waals surface area contributed by atoms with Gasteiger partial charge in [0.25, 0.3) is 0 Å². The van der Waals surface area contributed by atoms with Crippen molar-refractivity contribution in [1.82, 2.24) is 9.80 Å². The molecule has 2 fully saturated rings. The van der Waals surface area contributed by atoms with Gasteiger partial charge in [-0.3, -0.25) is 19.3 Å². The molecule has 5 aromatic carbocycles. The number of nitrogens with zero attached hydrogens (tertiary/aromatic N) is 3. The minimum atomic E-state index is -2.08. The van der Waals surface area contributed by atoms with Crippen LogP contribution >= 0.6 is 0 Å². The topological polar surface area (TPSA) is 154 Å². The van der Waals surface area contributed by atoms with Gasteiger partial charge in [-0.25, -0.2) is 9.69 Å². The number of fused-ring (bicyclic) bond motifs is 4. The van der Waals surface area contributed by atoms with Crippen molar-refractivity contribution in [3.63, 3.8) is 0 Å².